The zero-order valence-corrected chi connectivity index (χ0v) is 16.9. The van der Waals surface area contributed by atoms with Crippen molar-refractivity contribution >= 4 is 15.8 Å². The number of hydrogen-bond acceptors (Lipinski definition) is 5. The Morgan fingerprint density at radius 1 is 1.21 bits per heavy atom. The van der Waals surface area contributed by atoms with Crippen LogP contribution < -0.4 is 15.4 Å². The van der Waals surface area contributed by atoms with E-state index in [0.717, 1.165) is 11.8 Å². The van der Waals surface area contributed by atoms with Crippen LogP contribution in [0.25, 0.3) is 0 Å². The molecule has 0 aromatic heterocycles. The van der Waals surface area contributed by atoms with E-state index in [1.165, 1.54) is 0 Å². The number of aliphatic imine (C=N–C) groups is 1. The number of sulfone groups is 1. The van der Waals surface area contributed by atoms with E-state index < -0.39 is 22.6 Å². The predicted octanol–water partition coefficient (Wildman–Crippen LogP) is 1.66. The monoisotopic (exact) mass is 425 g/mol. The van der Waals surface area contributed by atoms with E-state index in [2.05, 4.69) is 15.6 Å². The standard InChI is InChI=1S/C17H26F3N3O4S/c1-13-4-5-14(15(10-13)27-12-17(18,19)20)11-23-16(21-2)22-6-7-26-8-9-28(3,24)25/h4-5,10H,6-9,11-12H2,1-3H3,(H2,21,22,23). The van der Waals surface area contributed by atoms with E-state index in [9.17, 15) is 21.6 Å². The first-order chi connectivity index (χ1) is 13.0. The quantitative estimate of drug-likeness (QED) is 0.337. The summed E-state index contributed by atoms with van der Waals surface area (Å²) >= 11 is 0. The number of guanidine groups is 1. The lowest BCUT2D eigenvalue weighted by Gasteiger charge is -2.16. The molecule has 0 aliphatic heterocycles. The fourth-order valence-electron chi connectivity index (χ4n) is 2.06. The van der Waals surface area contributed by atoms with Gasteiger partial charge >= 0.3 is 6.18 Å². The van der Waals surface area contributed by atoms with Crippen LogP contribution in [0.1, 0.15) is 11.1 Å². The zero-order valence-electron chi connectivity index (χ0n) is 16.1. The maximum absolute atomic E-state index is 12.4. The Labute approximate surface area is 163 Å². The first-order valence-corrected chi connectivity index (χ1v) is 10.6. The van der Waals surface area contributed by atoms with Gasteiger partial charge in [-0.1, -0.05) is 12.1 Å². The van der Waals surface area contributed by atoms with Gasteiger partial charge in [0, 0.05) is 32.0 Å². The number of ether oxygens (including phenoxy) is 2. The predicted molar refractivity (Wildman–Crippen MR) is 101 cm³/mol. The molecule has 0 fully saturated rings. The van der Waals surface area contributed by atoms with Gasteiger partial charge in [-0.2, -0.15) is 13.2 Å². The molecule has 0 radical (unpaired) electrons. The van der Waals surface area contributed by atoms with Crippen LogP contribution in [0.2, 0.25) is 0 Å². The second kappa shape index (κ2) is 11.1. The topological polar surface area (TPSA) is 89.0 Å². The molecule has 2 N–H and O–H groups in total. The summed E-state index contributed by atoms with van der Waals surface area (Å²) in [5, 5.41) is 5.95. The van der Waals surface area contributed by atoms with Gasteiger partial charge in [0.05, 0.1) is 19.0 Å². The summed E-state index contributed by atoms with van der Waals surface area (Å²) in [5.41, 5.74) is 1.34. The summed E-state index contributed by atoms with van der Waals surface area (Å²) in [7, 11) is -1.50. The lowest BCUT2D eigenvalue weighted by atomic mass is 10.1. The number of rotatable bonds is 10. The number of alkyl halides is 3. The number of hydrogen-bond donors (Lipinski definition) is 2. The van der Waals surface area contributed by atoms with Crippen molar-refractivity contribution in [1.29, 1.82) is 0 Å². The number of nitrogens with one attached hydrogen (secondary N) is 2. The molecule has 1 aromatic rings. The summed E-state index contributed by atoms with van der Waals surface area (Å²) < 4.78 is 69.4. The molecule has 0 unspecified atom stereocenters. The van der Waals surface area contributed by atoms with Crippen molar-refractivity contribution in [3.63, 3.8) is 0 Å². The molecule has 0 aliphatic rings. The van der Waals surface area contributed by atoms with Crippen LogP contribution in [0.15, 0.2) is 23.2 Å². The highest BCUT2D eigenvalue weighted by atomic mass is 32.2. The van der Waals surface area contributed by atoms with Crippen LogP contribution >= 0.6 is 0 Å². The highest BCUT2D eigenvalue weighted by molar-refractivity contribution is 7.90. The van der Waals surface area contributed by atoms with Crippen LogP contribution in [0.5, 0.6) is 5.75 Å². The van der Waals surface area contributed by atoms with Crippen molar-refractivity contribution in [3.8, 4) is 5.75 Å². The smallest absolute Gasteiger partial charge is 0.422 e. The van der Waals surface area contributed by atoms with Gasteiger partial charge in [-0.3, -0.25) is 4.99 Å². The fourth-order valence-corrected chi connectivity index (χ4v) is 2.48. The Morgan fingerprint density at radius 3 is 2.54 bits per heavy atom. The van der Waals surface area contributed by atoms with Crippen molar-refractivity contribution < 1.29 is 31.1 Å². The Morgan fingerprint density at radius 2 is 1.93 bits per heavy atom. The summed E-state index contributed by atoms with van der Waals surface area (Å²) in [5.74, 6) is 0.534. The minimum atomic E-state index is -4.41. The van der Waals surface area contributed by atoms with Crippen LogP contribution in [0, 0.1) is 6.92 Å². The van der Waals surface area contributed by atoms with Gasteiger partial charge in [0.25, 0.3) is 0 Å². The van der Waals surface area contributed by atoms with Gasteiger partial charge in [0.2, 0.25) is 0 Å². The van der Waals surface area contributed by atoms with Crippen molar-refractivity contribution in [2.45, 2.75) is 19.6 Å². The molecule has 1 aromatic carbocycles. The maximum atomic E-state index is 12.4. The molecule has 0 saturated carbocycles. The third-order valence-electron chi connectivity index (χ3n) is 3.42. The van der Waals surface area contributed by atoms with Gasteiger partial charge in [0.15, 0.2) is 12.6 Å². The second-order valence-electron chi connectivity index (χ2n) is 6.11. The number of nitrogens with zero attached hydrogens (tertiary/aromatic N) is 1. The SMILES string of the molecule is CN=C(NCCOCCS(C)(=O)=O)NCc1ccc(C)cc1OCC(F)(F)F. The first kappa shape index (κ1) is 24.0. The van der Waals surface area contributed by atoms with Crippen molar-refractivity contribution in [1.82, 2.24) is 10.6 Å². The molecule has 0 bridgehead atoms. The second-order valence-corrected chi connectivity index (χ2v) is 8.37. The largest absolute Gasteiger partial charge is 0.484 e. The van der Waals surface area contributed by atoms with Gasteiger partial charge in [-0.05, 0) is 18.6 Å². The molecule has 0 atom stereocenters. The van der Waals surface area contributed by atoms with E-state index in [1.807, 2.05) is 0 Å². The lowest BCUT2D eigenvalue weighted by Crippen LogP contribution is -2.38. The Bertz CT molecular complexity index is 753. The summed E-state index contributed by atoms with van der Waals surface area (Å²) in [6, 6.07) is 5.02. The van der Waals surface area contributed by atoms with Crippen molar-refractivity contribution in [2.24, 2.45) is 4.99 Å². The zero-order chi connectivity index (χ0) is 21.2. The van der Waals surface area contributed by atoms with Gasteiger partial charge < -0.3 is 20.1 Å². The average molecular weight is 425 g/mol. The number of benzene rings is 1. The average Bonchev–Trinajstić information content (AvgIpc) is 2.58. The number of aryl methyl sites for hydroxylation is 1. The van der Waals surface area contributed by atoms with Crippen molar-refractivity contribution in [3.05, 3.63) is 29.3 Å². The highest BCUT2D eigenvalue weighted by Gasteiger charge is 2.28. The molecule has 1 rings (SSSR count). The first-order valence-electron chi connectivity index (χ1n) is 8.49. The molecular weight excluding hydrogens is 399 g/mol. The van der Waals surface area contributed by atoms with E-state index in [1.54, 1.807) is 32.2 Å². The molecular formula is C17H26F3N3O4S. The third-order valence-corrected chi connectivity index (χ3v) is 4.33. The molecule has 7 nitrogen and oxygen atoms in total. The van der Waals surface area contributed by atoms with E-state index in [-0.39, 0.29) is 31.3 Å². The molecule has 0 aliphatic carbocycles. The van der Waals surface area contributed by atoms with Gasteiger partial charge in [-0.15, -0.1) is 0 Å². The van der Waals surface area contributed by atoms with Gasteiger partial charge in [-0.25, -0.2) is 8.42 Å². The molecule has 0 spiro atoms. The molecule has 0 amide bonds. The Kier molecular flexibility index (Phi) is 9.53. The van der Waals surface area contributed by atoms with Gasteiger partial charge in [0.1, 0.15) is 15.6 Å². The molecule has 28 heavy (non-hydrogen) atoms. The Hall–Kier alpha value is -2.01. The Balaban J connectivity index is 2.48. The summed E-state index contributed by atoms with van der Waals surface area (Å²) in [4.78, 5) is 4.01. The van der Waals surface area contributed by atoms with E-state index >= 15 is 0 Å². The van der Waals surface area contributed by atoms with E-state index in [0.29, 0.717) is 18.1 Å². The number of halogens is 3. The summed E-state index contributed by atoms with van der Waals surface area (Å²) in [6.07, 6.45) is -3.28. The maximum Gasteiger partial charge on any atom is 0.422 e. The molecule has 11 heteroatoms. The van der Waals surface area contributed by atoms with Crippen LogP contribution in [-0.4, -0.2) is 66.0 Å². The normalized spacial score (nSPS) is 12.7. The molecule has 160 valence electrons. The lowest BCUT2D eigenvalue weighted by molar-refractivity contribution is -0.153. The minimum Gasteiger partial charge on any atom is -0.484 e. The van der Waals surface area contributed by atoms with Crippen LogP contribution in [0.4, 0.5) is 13.2 Å². The van der Waals surface area contributed by atoms with E-state index in [4.69, 9.17) is 9.47 Å². The molecule has 0 saturated heterocycles. The van der Waals surface area contributed by atoms with Crippen molar-refractivity contribution in [2.75, 3.05) is 45.4 Å². The van der Waals surface area contributed by atoms with Crippen LogP contribution in [0.3, 0.4) is 0 Å². The molecule has 0 heterocycles. The minimum absolute atomic E-state index is 0.0475. The highest BCUT2D eigenvalue weighted by Crippen LogP contribution is 2.23. The summed E-state index contributed by atoms with van der Waals surface area (Å²) in [6.45, 7) is 1.39. The fraction of sp³-hybridized carbons (Fsp3) is 0.588. The third kappa shape index (κ3) is 11.0. The van der Waals surface area contributed by atoms with Crippen LogP contribution in [-0.2, 0) is 21.1 Å².